The van der Waals surface area contributed by atoms with Crippen LogP contribution in [-0.4, -0.2) is 81.6 Å². The number of hydrogen-bond acceptors (Lipinski definition) is 7. The molecule has 2 aliphatic rings. The minimum absolute atomic E-state index is 0.367. The Balaban J connectivity index is 1.50. The normalized spacial score (nSPS) is 22.5. The number of sulfone groups is 1. The van der Waals surface area contributed by atoms with Crippen molar-refractivity contribution >= 4 is 21.6 Å². The summed E-state index contributed by atoms with van der Waals surface area (Å²) >= 11 is 0. The number of rotatable bonds is 4. The fourth-order valence-corrected chi connectivity index (χ4v) is 4.97. The molecule has 0 saturated carbocycles. The molecule has 3 rings (SSSR count). The minimum Gasteiger partial charge on any atom is -0.354 e. The summed E-state index contributed by atoms with van der Waals surface area (Å²) in [5.41, 5.74) is 0. The molecule has 2 saturated heterocycles. The summed E-state index contributed by atoms with van der Waals surface area (Å²) in [6.45, 7) is 4.94. The van der Waals surface area contributed by atoms with Crippen LogP contribution >= 0.6 is 0 Å². The molecule has 0 unspecified atom stereocenters. The third kappa shape index (κ3) is 4.36. The molecule has 24 heavy (non-hydrogen) atoms. The van der Waals surface area contributed by atoms with Crippen LogP contribution in [0.5, 0.6) is 0 Å². The van der Waals surface area contributed by atoms with Gasteiger partial charge in [-0.2, -0.15) is 4.98 Å². The molecule has 0 aliphatic carbocycles. The highest BCUT2D eigenvalue weighted by atomic mass is 32.2. The fourth-order valence-electron chi connectivity index (χ4n) is 3.38. The molecule has 0 spiro atoms. The molecule has 3 heterocycles. The van der Waals surface area contributed by atoms with Crippen molar-refractivity contribution in [3.8, 4) is 0 Å². The first-order valence-electron chi connectivity index (χ1n) is 8.61. The van der Waals surface area contributed by atoms with Crippen LogP contribution in [0.2, 0.25) is 0 Å². The Labute approximate surface area is 144 Å². The minimum atomic E-state index is -2.76. The summed E-state index contributed by atoms with van der Waals surface area (Å²) in [5.74, 6) is 2.98. The third-order valence-corrected chi connectivity index (χ3v) is 6.63. The highest BCUT2D eigenvalue weighted by Crippen LogP contribution is 2.21. The van der Waals surface area contributed by atoms with Crippen molar-refractivity contribution in [1.29, 1.82) is 0 Å². The van der Waals surface area contributed by atoms with Gasteiger partial charge in [-0.25, -0.2) is 13.4 Å². The van der Waals surface area contributed by atoms with Gasteiger partial charge in [-0.3, -0.25) is 4.90 Å². The second-order valence-electron chi connectivity index (χ2n) is 6.99. The van der Waals surface area contributed by atoms with Crippen LogP contribution in [-0.2, 0) is 9.84 Å². The lowest BCUT2D eigenvalue weighted by molar-refractivity contribution is 0.211. The number of anilines is 2. The van der Waals surface area contributed by atoms with E-state index in [0.29, 0.717) is 17.4 Å². The molecule has 1 aromatic heterocycles. The molecule has 0 radical (unpaired) electrons. The molecule has 0 atom stereocenters. The zero-order valence-electron chi connectivity index (χ0n) is 14.6. The van der Waals surface area contributed by atoms with E-state index in [1.54, 1.807) is 0 Å². The van der Waals surface area contributed by atoms with E-state index in [9.17, 15) is 8.42 Å². The van der Waals surface area contributed by atoms with Gasteiger partial charge in [0.15, 0.2) is 0 Å². The lowest BCUT2D eigenvalue weighted by atomic mass is 10.0. The maximum Gasteiger partial charge on any atom is 0.226 e. The van der Waals surface area contributed by atoms with Crippen LogP contribution in [0.4, 0.5) is 11.8 Å². The van der Waals surface area contributed by atoms with Crippen molar-refractivity contribution < 1.29 is 8.42 Å². The summed E-state index contributed by atoms with van der Waals surface area (Å²) in [5, 5.41) is 0. The molecule has 0 aromatic carbocycles. The SMILES string of the molecule is CN(C)c1nccc(N2CCN(CC3CCS(=O)(=O)CC3)CC2)n1. The van der Waals surface area contributed by atoms with Crippen molar-refractivity contribution in [3.05, 3.63) is 12.3 Å². The van der Waals surface area contributed by atoms with Crippen molar-refractivity contribution in [2.24, 2.45) is 5.92 Å². The summed E-state index contributed by atoms with van der Waals surface area (Å²) < 4.78 is 23.1. The topological polar surface area (TPSA) is 69.6 Å². The average Bonchev–Trinajstić information content (AvgIpc) is 2.57. The standard InChI is InChI=1S/C16H27N5O2S/c1-19(2)16-17-6-3-15(18-16)21-9-7-20(8-10-21)13-14-4-11-24(22,23)12-5-14/h3,6,14H,4-5,7-13H2,1-2H3. The van der Waals surface area contributed by atoms with Gasteiger partial charge in [0.2, 0.25) is 5.95 Å². The van der Waals surface area contributed by atoms with Crippen molar-refractivity contribution in [3.63, 3.8) is 0 Å². The molecule has 1 aromatic rings. The quantitative estimate of drug-likeness (QED) is 0.780. The number of piperazine rings is 1. The first-order chi connectivity index (χ1) is 11.4. The predicted octanol–water partition coefficient (Wildman–Crippen LogP) is 0.489. The Morgan fingerprint density at radius 3 is 2.46 bits per heavy atom. The van der Waals surface area contributed by atoms with Gasteiger partial charge in [-0.1, -0.05) is 0 Å². The molecule has 0 N–H and O–H groups in total. The monoisotopic (exact) mass is 353 g/mol. The Morgan fingerprint density at radius 1 is 1.17 bits per heavy atom. The lowest BCUT2D eigenvalue weighted by Gasteiger charge is -2.37. The predicted molar refractivity (Wildman–Crippen MR) is 96.4 cm³/mol. The maximum absolute atomic E-state index is 11.5. The van der Waals surface area contributed by atoms with E-state index >= 15 is 0 Å². The van der Waals surface area contributed by atoms with Gasteiger partial charge in [-0.05, 0) is 24.8 Å². The first-order valence-corrected chi connectivity index (χ1v) is 10.4. The Hall–Kier alpha value is -1.41. The molecule has 2 aliphatic heterocycles. The van der Waals surface area contributed by atoms with Crippen LogP contribution in [0.1, 0.15) is 12.8 Å². The van der Waals surface area contributed by atoms with Crippen LogP contribution in [0.25, 0.3) is 0 Å². The van der Waals surface area contributed by atoms with E-state index < -0.39 is 9.84 Å². The molecule has 7 nitrogen and oxygen atoms in total. The second kappa shape index (κ2) is 7.23. The zero-order chi connectivity index (χ0) is 17.2. The van der Waals surface area contributed by atoms with Crippen molar-refractivity contribution in [2.75, 3.05) is 68.1 Å². The van der Waals surface area contributed by atoms with Crippen molar-refractivity contribution in [2.45, 2.75) is 12.8 Å². The smallest absolute Gasteiger partial charge is 0.226 e. The van der Waals surface area contributed by atoms with E-state index in [2.05, 4.69) is 19.8 Å². The Bertz CT molecular complexity index is 642. The van der Waals surface area contributed by atoms with Crippen molar-refractivity contribution in [1.82, 2.24) is 14.9 Å². The van der Waals surface area contributed by atoms with E-state index in [1.807, 2.05) is 31.3 Å². The van der Waals surface area contributed by atoms with Gasteiger partial charge in [-0.15, -0.1) is 0 Å². The molecular weight excluding hydrogens is 326 g/mol. The zero-order valence-corrected chi connectivity index (χ0v) is 15.4. The lowest BCUT2D eigenvalue weighted by Crippen LogP contribution is -2.48. The average molecular weight is 353 g/mol. The highest BCUT2D eigenvalue weighted by Gasteiger charge is 2.26. The van der Waals surface area contributed by atoms with Gasteiger partial charge >= 0.3 is 0 Å². The summed E-state index contributed by atoms with van der Waals surface area (Å²) in [7, 11) is 1.13. The van der Waals surface area contributed by atoms with Gasteiger partial charge in [0.25, 0.3) is 0 Å². The largest absolute Gasteiger partial charge is 0.354 e. The van der Waals surface area contributed by atoms with Crippen LogP contribution < -0.4 is 9.80 Å². The first kappa shape index (κ1) is 17.4. The van der Waals surface area contributed by atoms with E-state index in [0.717, 1.165) is 57.3 Å². The van der Waals surface area contributed by atoms with Crippen LogP contribution in [0, 0.1) is 5.92 Å². The van der Waals surface area contributed by atoms with E-state index in [4.69, 9.17) is 0 Å². The highest BCUT2D eigenvalue weighted by molar-refractivity contribution is 7.91. The van der Waals surface area contributed by atoms with Gasteiger partial charge in [0.05, 0.1) is 11.5 Å². The number of nitrogens with zero attached hydrogens (tertiary/aromatic N) is 5. The van der Waals surface area contributed by atoms with E-state index in [-0.39, 0.29) is 0 Å². The molecule has 134 valence electrons. The van der Waals surface area contributed by atoms with Gasteiger partial charge in [0, 0.05) is 53.0 Å². The Kier molecular flexibility index (Phi) is 5.24. The van der Waals surface area contributed by atoms with Gasteiger partial charge in [0.1, 0.15) is 15.7 Å². The summed E-state index contributed by atoms with van der Waals surface area (Å²) in [4.78, 5) is 15.6. The molecule has 0 amide bonds. The Morgan fingerprint density at radius 2 is 1.83 bits per heavy atom. The summed E-state index contributed by atoms with van der Waals surface area (Å²) in [6, 6.07) is 1.97. The molecule has 2 fully saturated rings. The number of aromatic nitrogens is 2. The molecule has 8 heteroatoms. The third-order valence-electron chi connectivity index (χ3n) is 4.92. The molecular formula is C16H27N5O2S. The number of hydrogen-bond donors (Lipinski definition) is 0. The van der Waals surface area contributed by atoms with Crippen LogP contribution in [0.3, 0.4) is 0 Å². The van der Waals surface area contributed by atoms with Gasteiger partial charge < -0.3 is 9.80 Å². The molecule has 0 bridgehead atoms. The fraction of sp³-hybridized carbons (Fsp3) is 0.750. The second-order valence-corrected chi connectivity index (χ2v) is 9.30. The van der Waals surface area contributed by atoms with Crippen LogP contribution in [0.15, 0.2) is 12.3 Å². The maximum atomic E-state index is 11.5. The summed E-state index contributed by atoms with van der Waals surface area (Å²) in [6.07, 6.45) is 3.45. The van der Waals surface area contributed by atoms with E-state index in [1.165, 1.54) is 0 Å².